The molecule has 0 saturated heterocycles. The first-order chi connectivity index (χ1) is 16.4. The Morgan fingerprint density at radius 3 is 2.59 bits per heavy atom. The molecule has 1 aliphatic heterocycles. The van der Waals surface area contributed by atoms with Gasteiger partial charge in [-0.25, -0.2) is 0 Å². The van der Waals surface area contributed by atoms with Crippen molar-refractivity contribution in [3.63, 3.8) is 0 Å². The largest absolute Gasteiger partial charge is 0.497 e. The van der Waals surface area contributed by atoms with Crippen molar-refractivity contribution in [3.8, 4) is 5.75 Å². The third-order valence-corrected chi connectivity index (χ3v) is 8.66. The summed E-state index contributed by atoms with van der Waals surface area (Å²) in [5, 5.41) is 3.31. The number of hydrogen-bond donors (Lipinski definition) is 1. The number of methoxy groups -OCH3 is 1. The fraction of sp³-hybridized carbons (Fsp3) is 0.481. The summed E-state index contributed by atoms with van der Waals surface area (Å²) in [7, 11) is 1.64. The minimum absolute atomic E-state index is 0.0558. The molecule has 1 aromatic carbocycles. The Hall–Kier alpha value is -2.80. The Balaban J connectivity index is 1.52. The molecule has 6 nitrogen and oxygen atoms in total. The SMILES string of the molecule is CCc1cc2c(cc3n2CC(C)(C(=O)NC2CCCCC2)N(Cc2ccc(OC)cc2)C3=O)s1. The molecule has 7 heteroatoms. The van der Waals surface area contributed by atoms with Gasteiger partial charge in [-0.15, -0.1) is 11.3 Å². The standard InChI is InChI=1S/C27H33N3O3S/c1-4-21-14-22-24(34-21)15-23-25(31)30(16-18-10-12-20(33-3)13-11-18)27(2,17-29(22)23)26(32)28-19-8-6-5-7-9-19/h10-15,19H,4-9,16-17H2,1-3H3,(H,28,32). The molecular formula is C27H33N3O3S. The number of fused-ring (bicyclic) bond motifs is 3. The van der Waals surface area contributed by atoms with E-state index in [-0.39, 0.29) is 17.9 Å². The quantitative estimate of drug-likeness (QED) is 0.533. The second-order valence-electron chi connectivity index (χ2n) is 9.75. The Bertz CT molecular complexity index is 1210. The summed E-state index contributed by atoms with van der Waals surface area (Å²) in [5.74, 6) is 0.622. The van der Waals surface area contributed by atoms with E-state index < -0.39 is 5.54 Å². The van der Waals surface area contributed by atoms with Crippen LogP contribution in [0.25, 0.3) is 10.2 Å². The molecule has 1 N–H and O–H groups in total. The zero-order valence-corrected chi connectivity index (χ0v) is 21.0. The number of aryl methyl sites for hydroxylation is 1. The monoisotopic (exact) mass is 479 g/mol. The predicted molar refractivity (Wildman–Crippen MR) is 135 cm³/mol. The minimum Gasteiger partial charge on any atom is -0.497 e. The van der Waals surface area contributed by atoms with Crippen LogP contribution in [0, 0.1) is 0 Å². The molecule has 0 spiro atoms. The van der Waals surface area contributed by atoms with Gasteiger partial charge in [0.25, 0.3) is 5.91 Å². The van der Waals surface area contributed by atoms with Crippen molar-refractivity contribution in [3.05, 3.63) is 52.5 Å². The van der Waals surface area contributed by atoms with E-state index in [1.807, 2.05) is 37.3 Å². The highest BCUT2D eigenvalue weighted by Crippen LogP contribution is 2.37. The molecule has 0 radical (unpaired) electrons. The van der Waals surface area contributed by atoms with E-state index in [0.717, 1.165) is 53.6 Å². The number of amides is 2. The van der Waals surface area contributed by atoms with Crippen LogP contribution in [0.4, 0.5) is 0 Å². The smallest absolute Gasteiger partial charge is 0.271 e. The zero-order valence-electron chi connectivity index (χ0n) is 20.2. The molecule has 2 amide bonds. The van der Waals surface area contributed by atoms with Crippen LogP contribution in [-0.4, -0.2) is 40.0 Å². The molecule has 34 heavy (non-hydrogen) atoms. The van der Waals surface area contributed by atoms with Crippen molar-refractivity contribution in [2.24, 2.45) is 0 Å². The molecular weight excluding hydrogens is 446 g/mol. The molecule has 0 bridgehead atoms. The maximum atomic E-state index is 13.9. The van der Waals surface area contributed by atoms with Crippen LogP contribution in [0.2, 0.25) is 0 Å². The fourth-order valence-corrected chi connectivity index (χ4v) is 6.35. The molecule has 1 fully saturated rings. The van der Waals surface area contributed by atoms with Crippen LogP contribution in [0.15, 0.2) is 36.4 Å². The van der Waals surface area contributed by atoms with Crippen molar-refractivity contribution in [1.82, 2.24) is 14.8 Å². The van der Waals surface area contributed by atoms with Crippen molar-refractivity contribution in [2.75, 3.05) is 7.11 Å². The number of nitrogens with one attached hydrogen (secondary N) is 1. The number of rotatable bonds is 6. The molecule has 1 unspecified atom stereocenters. The lowest BCUT2D eigenvalue weighted by molar-refractivity contribution is -0.134. The van der Waals surface area contributed by atoms with Crippen LogP contribution >= 0.6 is 11.3 Å². The van der Waals surface area contributed by atoms with E-state index in [2.05, 4.69) is 22.9 Å². The van der Waals surface area contributed by atoms with Gasteiger partial charge in [-0.1, -0.05) is 38.3 Å². The molecule has 2 aromatic heterocycles. The first-order valence-corrected chi connectivity index (χ1v) is 13.1. The maximum absolute atomic E-state index is 13.9. The molecule has 1 atom stereocenters. The highest BCUT2D eigenvalue weighted by molar-refractivity contribution is 7.19. The van der Waals surface area contributed by atoms with Gasteiger partial charge in [0.1, 0.15) is 17.0 Å². The van der Waals surface area contributed by atoms with Crippen LogP contribution in [0.1, 0.15) is 66.9 Å². The third-order valence-electron chi connectivity index (χ3n) is 7.44. The maximum Gasteiger partial charge on any atom is 0.271 e. The van der Waals surface area contributed by atoms with Gasteiger partial charge < -0.3 is 19.5 Å². The van der Waals surface area contributed by atoms with Gasteiger partial charge >= 0.3 is 0 Å². The Labute approximate surface area is 204 Å². The zero-order chi connectivity index (χ0) is 23.9. The Morgan fingerprint density at radius 1 is 1.18 bits per heavy atom. The number of carbonyl (C=O) groups excluding carboxylic acids is 2. The van der Waals surface area contributed by atoms with Gasteiger partial charge in [-0.3, -0.25) is 9.59 Å². The lowest BCUT2D eigenvalue weighted by Crippen LogP contribution is -2.64. The molecule has 3 aromatic rings. The average molecular weight is 480 g/mol. The Kier molecular flexibility index (Phi) is 6.15. The molecule has 180 valence electrons. The fourth-order valence-electron chi connectivity index (χ4n) is 5.31. The summed E-state index contributed by atoms with van der Waals surface area (Å²) in [4.78, 5) is 30.8. The van der Waals surface area contributed by atoms with E-state index in [0.29, 0.717) is 18.8 Å². The molecule has 3 heterocycles. The highest BCUT2D eigenvalue weighted by Gasteiger charge is 2.48. The lowest BCUT2D eigenvalue weighted by Gasteiger charge is -2.45. The van der Waals surface area contributed by atoms with Gasteiger partial charge in [0.05, 0.1) is 23.9 Å². The summed E-state index contributed by atoms with van der Waals surface area (Å²) in [5.41, 5.74) is 1.72. The summed E-state index contributed by atoms with van der Waals surface area (Å²) in [6, 6.07) is 12.1. The first kappa shape index (κ1) is 23.0. The van der Waals surface area contributed by atoms with Crippen LogP contribution in [-0.2, 0) is 24.3 Å². The molecule has 5 rings (SSSR count). The summed E-state index contributed by atoms with van der Waals surface area (Å²) >= 11 is 1.73. The van der Waals surface area contributed by atoms with E-state index in [4.69, 9.17) is 4.74 Å². The second kappa shape index (κ2) is 9.10. The molecule has 1 saturated carbocycles. The number of nitrogens with zero attached hydrogens (tertiary/aromatic N) is 2. The van der Waals surface area contributed by atoms with Gasteiger partial charge in [-0.05, 0) is 56.0 Å². The summed E-state index contributed by atoms with van der Waals surface area (Å²) in [6.07, 6.45) is 6.51. The van der Waals surface area contributed by atoms with E-state index in [1.54, 1.807) is 23.3 Å². The number of aromatic nitrogens is 1. The van der Waals surface area contributed by atoms with Gasteiger partial charge in [0.15, 0.2) is 0 Å². The second-order valence-corrected chi connectivity index (χ2v) is 10.9. The number of thiophene rings is 1. The van der Waals surface area contributed by atoms with Gasteiger partial charge in [0.2, 0.25) is 5.91 Å². The summed E-state index contributed by atoms with van der Waals surface area (Å²) in [6.45, 7) is 4.89. The normalized spacial score (nSPS) is 21.0. The average Bonchev–Trinajstić information content (AvgIpc) is 3.41. The van der Waals surface area contributed by atoms with Crippen LogP contribution < -0.4 is 10.1 Å². The van der Waals surface area contributed by atoms with Crippen molar-refractivity contribution < 1.29 is 14.3 Å². The van der Waals surface area contributed by atoms with Gasteiger partial charge in [-0.2, -0.15) is 0 Å². The van der Waals surface area contributed by atoms with Crippen LogP contribution in [0.5, 0.6) is 5.75 Å². The van der Waals surface area contributed by atoms with Crippen molar-refractivity contribution in [2.45, 2.75) is 77.0 Å². The van der Waals surface area contributed by atoms with Crippen LogP contribution in [0.3, 0.4) is 0 Å². The molecule has 2 aliphatic rings. The highest BCUT2D eigenvalue weighted by atomic mass is 32.1. The van der Waals surface area contributed by atoms with Crippen molar-refractivity contribution >= 4 is 33.4 Å². The lowest BCUT2D eigenvalue weighted by atomic mass is 9.91. The minimum atomic E-state index is -0.984. The van der Waals surface area contributed by atoms with E-state index >= 15 is 0 Å². The van der Waals surface area contributed by atoms with Crippen molar-refractivity contribution in [1.29, 1.82) is 0 Å². The predicted octanol–water partition coefficient (Wildman–Crippen LogP) is 5.14. The number of ether oxygens (including phenoxy) is 1. The number of hydrogen-bond acceptors (Lipinski definition) is 4. The van der Waals surface area contributed by atoms with Gasteiger partial charge in [0, 0.05) is 17.5 Å². The topological polar surface area (TPSA) is 63.6 Å². The number of benzene rings is 1. The van der Waals surface area contributed by atoms with E-state index in [9.17, 15) is 9.59 Å². The third kappa shape index (κ3) is 4.00. The first-order valence-electron chi connectivity index (χ1n) is 12.3. The number of carbonyl (C=O) groups is 2. The Morgan fingerprint density at radius 2 is 1.91 bits per heavy atom. The van der Waals surface area contributed by atoms with E-state index in [1.165, 1.54) is 11.3 Å². The molecule has 1 aliphatic carbocycles. The summed E-state index contributed by atoms with van der Waals surface area (Å²) < 4.78 is 8.47.